The molecule has 2 aromatic rings. The van der Waals surface area contributed by atoms with Crippen LogP contribution in [0.2, 0.25) is 0 Å². The first-order chi connectivity index (χ1) is 13.0. The van der Waals surface area contributed by atoms with E-state index in [1.165, 1.54) is 0 Å². The van der Waals surface area contributed by atoms with Gasteiger partial charge in [0.1, 0.15) is 0 Å². The molecular formula is C20H22N4O3. The molecule has 4 amide bonds. The van der Waals surface area contributed by atoms with Crippen LogP contribution in [0.5, 0.6) is 0 Å². The van der Waals surface area contributed by atoms with Gasteiger partial charge in [-0.2, -0.15) is 0 Å². The number of nitrogens with one attached hydrogen (secondary N) is 2. The number of rotatable bonds is 4. The Kier molecular flexibility index (Phi) is 5.71. The van der Waals surface area contributed by atoms with E-state index >= 15 is 0 Å². The summed E-state index contributed by atoms with van der Waals surface area (Å²) in [6.07, 6.45) is 1.20. The van der Waals surface area contributed by atoms with Gasteiger partial charge in [0, 0.05) is 35.9 Å². The van der Waals surface area contributed by atoms with E-state index in [-0.39, 0.29) is 23.8 Å². The highest BCUT2D eigenvalue weighted by Crippen LogP contribution is 2.19. The number of nitrogens with zero attached hydrogens (tertiary/aromatic N) is 1. The Hall–Kier alpha value is -3.35. The minimum Gasteiger partial charge on any atom is -0.369 e. The molecule has 1 heterocycles. The summed E-state index contributed by atoms with van der Waals surface area (Å²) >= 11 is 0. The van der Waals surface area contributed by atoms with Crippen molar-refractivity contribution in [3.05, 3.63) is 60.2 Å². The minimum absolute atomic E-state index is 0.0850. The molecule has 0 atom stereocenters. The molecule has 4 N–H and O–H groups in total. The zero-order valence-electron chi connectivity index (χ0n) is 14.9. The summed E-state index contributed by atoms with van der Waals surface area (Å²) in [7, 11) is 0. The van der Waals surface area contributed by atoms with Gasteiger partial charge in [0.2, 0.25) is 5.91 Å². The van der Waals surface area contributed by atoms with Gasteiger partial charge >= 0.3 is 6.03 Å². The molecule has 27 heavy (non-hydrogen) atoms. The average Bonchev–Trinajstić information content (AvgIpc) is 2.69. The summed E-state index contributed by atoms with van der Waals surface area (Å²) in [5, 5.41) is 5.46. The lowest BCUT2D eigenvalue weighted by atomic mass is 9.96. The second kappa shape index (κ2) is 8.35. The fraction of sp³-hybridized carbons (Fsp3) is 0.250. The first kappa shape index (κ1) is 18.4. The molecule has 0 bridgehead atoms. The first-order valence-electron chi connectivity index (χ1n) is 8.84. The third-order valence-electron chi connectivity index (χ3n) is 4.61. The fourth-order valence-electron chi connectivity index (χ4n) is 3.06. The van der Waals surface area contributed by atoms with Gasteiger partial charge in [-0.05, 0) is 49.2 Å². The Morgan fingerprint density at radius 3 is 1.96 bits per heavy atom. The van der Waals surface area contributed by atoms with E-state index in [9.17, 15) is 14.4 Å². The molecule has 7 heteroatoms. The maximum atomic E-state index is 12.6. The van der Waals surface area contributed by atoms with Crippen LogP contribution in [0.4, 0.5) is 16.2 Å². The van der Waals surface area contributed by atoms with E-state index in [2.05, 4.69) is 10.6 Å². The first-order valence-corrected chi connectivity index (χ1v) is 8.84. The Morgan fingerprint density at radius 1 is 0.852 bits per heavy atom. The monoisotopic (exact) mass is 366 g/mol. The van der Waals surface area contributed by atoms with Crippen molar-refractivity contribution in [3.8, 4) is 0 Å². The molecule has 3 rings (SSSR count). The highest BCUT2D eigenvalue weighted by molar-refractivity contribution is 6.00. The highest BCUT2D eigenvalue weighted by Gasteiger charge is 2.26. The highest BCUT2D eigenvalue weighted by atomic mass is 16.2. The Balaban J connectivity index is 1.54. The lowest BCUT2D eigenvalue weighted by Gasteiger charge is -2.30. The van der Waals surface area contributed by atoms with Crippen molar-refractivity contribution in [2.75, 3.05) is 23.7 Å². The van der Waals surface area contributed by atoms with Crippen LogP contribution in [0.15, 0.2) is 54.6 Å². The van der Waals surface area contributed by atoms with Crippen molar-refractivity contribution >= 4 is 29.2 Å². The Labute approximate surface area is 157 Å². The van der Waals surface area contributed by atoms with Gasteiger partial charge in [-0.25, -0.2) is 4.79 Å². The van der Waals surface area contributed by atoms with Gasteiger partial charge in [0.15, 0.2) is 0 Å². The van der Waals surface area contributed by atoms with Crippen molar-refractivity contribution in [3.63, 3.8) is 0 Å². The van der Waals surface area contributed by atoms with Gasteiger partial charge < -0.3 is 21.3 Å². The van der Waals surface area contributed by atoms with Crippen LogP contribution in [0, 0.1) is 5.92 Å². The van der Waals surface area contributed by atoms with Crippen LogP contribution < -0.4 is 16.4 Å². The molecule has 140 valence electrons. The summed E-state index contributed by atoms with van der Waals surface area (Å²) in [5.41, 5.74) is 7.15. The Morgan fingerprint density at radius 2 is 1.41 bits per heavy atom. The molecule has 0 spiro atoms. The molecule has 0 aliphatic carbocycles. The molecule has 0 saturated carbocycles. The molecule has 1 saturated heterocycles. The van der Waals surface area contributed by atoms with Gasteiger partial charge in [-0.15, -0.1) is 0 Å². The number of nitrogens with two attached hydrogens (primary N) is 1. The van der Waals surface area contributed by atoms with Gasteiger partial charge in [0.05, 0.1) is 0 Å². The van der Waals surface area contributed by atoms with E-state index in [4.69, 9.17) is 5.73 Å². The summed E-state index contributed by atoms with van der Waals surface area (Å²) in [6, 6.07) is 15.5. The lowest BCUT2D eigenvalue weighted by molar-refractivity contribution is -0.123. The van der Waals surface area contributed by atoms with Crippen LogP contribution >= 0.6 is 0 Å². The lowest BCUT2D eigenvalue weighted by Crippen LogP contribution is -2.41. The number of anilines is 2. The molecule has 0 unspecified atom stereocenters. The van der Waals surface area contributed by atoms with Gasteiger partial charge in [-0.3, -0.25) is 9.59 Å². The van der Waals surface area contributed by atoms with Crippen molar-refractivity contribution in [1.29, 1.82) is 0 Å². The van der Waals surface area contributed by atoms with Crippen LogP contribution in [-0.2, 0) is 4.79 Å². The van der Waals surface area contributed by atoms with Crippen LogP contribution in [0.3, 0.4) is 0 Å². The number of carbonyl (C=O) groups is 3. The molecule has 1 aliphatic heterocycles. The molecule has 7 nitrogen and oxygen atoms in total. The SMILES string of the molecule is NC(=O)C1CCN(C(=O)c2ccc(NC(=O)Nc3ccccc3)cc2)CC1. The third-order valence-corrected chi connectivity index (χ3v) is 4.61. The number of hydrogen-bond donors (Lipinski definition) is 3. The van der Waals surface area contributed by atoms with Crippen LogP contribution in [0.1, 0.15) is 23.2 Å². The van der Waals surface area contributed by atoms with Gasteiger partial charge in [-0.1, -0.05) is 18.2 Å². The van der Waals surface area contributed by atoms with E-state index in [0.29, 0.717) is 42.9 Å². The van der Waals surface area contributed by atoms with Crippen molar-refractivity contribution in [2.24, 2.45) is 11.7 Å². The molecule has 0 aromatic heterocycles. The molecular weight excluding hydrogens is 344 g/mol. The second-order valence-electron chi connectivity index (χ2n) is 6.49. The predicted octanol–water partition coefficient (Wildman–Crippen LogP) is 2.67. The minimum atomic E-state index is -0.353. The number of carbonyl (C=O) groups excluding carboxylic acids is 3. The summed E-state index contributed by atoms with van der Waals surface area (Å²) in [5.74, 6) is -0.534. The number of benzene rings is 2. The molecule has 1 aliphatic rings. The third kappa shape index (κ3) is 4.84. The van der Waals surface area contributed by atoms with Crippen molar-refractivity contribution in [2.45, 2.75) is 12.8 Å². The smallest absolute Gasteiger partial charge is 0.323 e. The Bertz CT molecular complexity index is 813. The fourth-order valence-corrected chi connectivity index (χ4v) is 3.06. The summed E-state index contributed by atoms with van der Waals surface area (Å²) in [4.78, 5) is 37.5. The number of urea groups is 1. The van der Waals surface area contributed by atoms with Gasteiger partial charge in [0.25, 0.3) is 5.91 Å². The maximum absolute atomic E-state index is 12.6. The zero-order chi connectivity index (χ0) is 19.2. The number of likely N-dealkylation sites (tertiary alicyclic amines) is 1. The number of para-hydroxylation sites is 1. The van der Waals surface area contributed by atoms with E-state index < -0.39 is 0 Å². The number of primary amides is 1. The van der Waals surface area contributed by atoms with E-state index in [1.807, 2.05) is 18.2 Å². The number of piperidine rings is 1. The standard InChI is InChI=1S/C20H22N4O3/c21-18(25)14-10-12-24(13-11-14)19(26)15-6-8-17(9-7-15)23-20(27)22-16-4-2-1-3-5-16/h1-9,14H,10-13H2,(H2,21,25)(H2,22,23,27). The largest absolute Gasteiger partial charge is 0.369 e. The summed E-state index contributed by atoms with van der Waals surface area (Å²) in [6.45, 7) is 1.04. The van der Waals surface area contributed by atoms with Crippen LogP contribution in [-0.4, -0.2) is 35.8 Å². The number of hydrogen-bond acceptors (Lipinski definition) is 3. The number of amides is 4. The molecule has 1 fully saturated rings. The summed E-state index contributed by atoms with van der Waals surface area (Å²) < 4.78 is 0. The quantitative estimate of drug-likeness (QED) is 0.775. The van der Waals surface area contributed by atoms with E-state index in [0.717, 1.165) is 0 Å². The molecule has 2 aromatic carbocycles. The molecule has 0 radical (unpaired) electrons. The van der Waals surface area contributed by atoms with Crippen molar-refractivity contribution < 1.29 is 14.4 Å². The normalized spacial score (nSPS) is 14.4. The maximum Gasteiger partial charge on any atom is 0.323 e. The van der Waals surface area contributed by atoms with Crippen molar-refractivity contribution in [1.82, 2.24) is 4.90 Å². The van der Waals surface area contributed by atoms with Crippen LogP contribution in [0.25, 0.3) is 0 Å². The predicted molar refractivity (Wildman–Crippen MR) is 103 cm³/mol. The average molecular weight is 366 g/mol. The zero-order valence-corrected chi connectivity index (χ0v) is 14.9. The van der Waals surface area contributed by atoms with E-state index in [1.54, 1.807) is 41.3 Å². The topological polar surface area (TPSA) is 105 Å². The second-order valence-corrected chi connectivity index (χ2v) is 6.49.